The molecule has 84 valence electrons. The molecule has 0 spiro atoms. The smallest absolute Gasteiger partial charge is 0.325 e. The summed E-state index contributed by atoms with van der Waals surface area (Å²) in [5.41, 5.74) is 7.08. The van der Waals surface area contributed by atoms with E-state index < -0.39 is 12.0 Å². The Morgan fingerprint density at radius 3 is 3.00 bits per heavy atom. The van der Waals surface area contributed by atoms with E-state index in [1.165, 1.54) is 0 Å². The first-order valence-corrected chi connectivity index (χ1v) is 5.07. The molecule has 0 saturated carbocycles. The quantitative estimate of drug-likeness (QED) is 0.806. The van der Waals surface area contributed by atoms with Crippen LogP contribution in [0.15, 0.2) is 24.5 Å². The van der Waals surface area contributed by atoms with Gasteiger partial charge in [0.05, 0.1) is 11.7 Å². The number of carbonyl (C=O) groups is 1. The summed E-state index contributed by atoms with van der Waals surface area (Å²) in [6.07, 6.45) is 4.29. The summed E-state index contributed by atoms with van der Waals surface area (Å²) in [5.74, 6) is -0.132. The van der Waals surface area contributed by atoms with Gasteiger partial charge in [0.2, 0.25) is 0 Å². The molecular formula is C11H13N3O2. The van der Waals surface area contributed by atoms with Gasteiger partial charge >= 0.3 is 5.97 Å². The number of fused-ring (bicyclic) bond motifs is 1. The highest BCUT2D eigenvalue weighted by Gasteiger charge is 2.15. The van der Waals surface area contributed by atoms with Gasteiger partial charge in [-0.15, -0.1) is 0 Å². The van der Waals surface area contributed by atoms with E-state index in [2.05, 4.69) is 4.98 Å². The van der Waals surface area contributed by atoms with E-state index in [4.69, 9.17) is 10.8 Å². The van der Waals surface area contributed by atoms with Crippen molar-refractivity contribution in [3.63, 3.8) is 0 Å². The highest BCUT2D eigenvalue weighted by molar-refractivity contribution is 5.75. The van der Waals surface area contributed by atoms with Crippen molar-refractivity contribution in [3.8, 4) is 0 Å². The molecule has 2 aromatic rings. The zero-order valence-electron chi connectivity index (χ0n) is 8.92. The molecule has 0 bridgehead atoms. The normalized spacial score (nSPS) is 12.9. The van der Waals surface area contributed by atoms with Crippen molar-refractivity contribution in [1.29, 1.82) is 0 Å². The number of imidazole rings is 1. The minimum Gasteiger partial charge on any atom is -0.480 e. The molecule has 0 fully saturated rings. The van der Waals surface area contributed by atoms with Crippen molar-refractivity contribution in [2.75, 3.05) is 0 Å². The Balaban J connectivity index is 2.53. The van der Waals surface area contributed by atoms with Crippen molar-refractivity contribution in [2.24, 2.45) is 5.73 Å². The number of aryl methyl sites for hydroxylation is 1. The highest BCUT2D eigenvalue weighted by Crippen LogP contribution is 2.14. The van der Waals surface area contributed by atoms with Crippen LogP contribution in [0.4, 0.5) is 0 Å². The van der Waals surface area contributed by atoms with Gasteiger partial charge in [0.15, 0.2) is 0 Å². The lowest BCUT2D eigenvalue weighted by molar-refractivity contribution is -0.138. The largest absolute Gasteiger partial charge is 0.480 e. The van der Waals surface area contributed by atoms with Gasteiger partial charge in [0.25, 0.3) is 0 Å². The van der Waals surface area contributed by atoms with Crippen molar-refractivity contribution >= 4 is 11.5 Å². The number of nitrogens with zero attached hydrogens (tertiary/aromatic N) is 2. The summed E-state index contributed by atoms with van der Waals surface area (Å²) in [4.78, 5) is 15.0. The zero-order valence-corrected chi connectivity index (χ0v) is 8.92. The first-order chi connectivity index (χ1) is 7.63. The number of hydrogen-bond donors (Lipinski definition) is 2. The molecule has 2 heterocycles. The van der Waals surface area contributed by atoms with Crippen LogP contribution >= 0.6 is 0 Å². The van der Waals surface area contributed by atoms with Crippen LogP contribution in [0.2, 0.25) is 0 Å². The fraction of sp³-hybridized carbons (Fsp3) is 0.273. The molecule has 0 aliphatic carbocycles. The average Bonchev–Trinajstić information content (AvgIpc) is 2.69. The lowest BCUT2D eigenvalue weighted by Crippen LogP contribution is -2.21. The second kappa shape index (κ2) is 3.94. The number of pyridine rings is 1. The number of carboxylic acids is 1. The number of nitrogens with two attached hydrogens (primary N) is 1. The molecule has 0 amide bonds. The highest BCUT2D eigenvalue weighted by atomic mass is 16.4. The zero-order chi connectivity index (χ0) is 11.7. The van der Waals surface area contributed by atoms with Gasteiger partial charge < -0.3 is 15.2 Å². The van der Waals surface area contributed by atoms with Crippen LogP contribution in [0.25, 0.3) is 5.52 Å². The number of aromatic nitrogens is 2. The Morgan fingerprint density at radius 1 is 1.62 bits per heavy atom. The fourth-order valence-electron chi connectivity index (χ4n) is 1.65. The molecule has 0 radical (unpaired) electrons. The van der Waals surface area contributed by atoms with Crippen LogP contribution < -0.4 is 5.73 Å². The van der Waals surface area contributed by atoms with E-state index in [1.54, 1.807) is 18.5 Å². The Hall–Kier alpha value is -1.88. The lowest BCUT2D eigenvalue weighted by atomic mass is 10.1. The maximum Gasteiger partial charge on any atom is 0.325 e. The summed E-state index contributed by atoms with van der Waals surface area (Å²) in [7, 11) is 0. The van der Waals surface area contributed by atoms with Crippen LogP contribution in [0.1, 0.15) is 24.4 Å². The maximum atomic E-state index is 10.8. The summed E-state index contributed by atoms with van der Waals surface area (Å²) < 4.78 is 1.87. The Labute approximate surface area is 92.5 Å². The van der Waals surface area contributed by atoms with Crippen molar-refractivity contribution in [3.05, 3.63) is 35.9 Å². The van der Waals surface area contributed by atoms with Gasteiger partial charge in [-0.25, -0.2) is 4.98 Å². The lowest BCUT2D eigenvalue weighted by Gasteiger charge is -2.08. The van der Waals surface area contributed by atoms with Crippen LogP contribution in [-0.2, 0) is 11.2 Å². The fourth-order valence-corrected chi connectivity index (χ4v) is 1.65. The topological polar surface area (TPSA) is 80.6 Å². The summed E-state index contributed by atoms with van der Waals surface area (Å²) in [6.45, 7) is 2.00. The van der Waals surface area contributed by atoms with Crippen molar-refractivity contribution < 1.29 is 9.90 Å². The predicted octanol–water partition coefficient (Wildman–Crippen LogP) is 0.981. The molecule has 16 heavy (non-hydrogen) atoms. The molecule has 3 N–H and O–H groups in total. The van der Waals surface area contributed by atoms with E-state index in [9.17, 15) is 4.79 Å². The Bertz CT molecular complexity index is 533. The third-order valence-corrected chi connectivity index (χ3v) is 2.57. The third kappa shape index (κ3) is 1.65. The minimum atomic E-state index is -1.03. The number of rotatable bonds is 3. The summed E-state index contributed by atoms with van der Waals surface area (Å²) in [5, 5.41) is 8.83. The second-order valence-corrected chi connectivity index (χ2v) is 3.60. The van der Waals surface area contributed by atoms with E-state index in [1.807, 2.05) is 17.4 Å². The number of hydrogen-bond acceptors (Lipinski definition) is 3. The van der Waals surface area contributed by atoms with E-state index in [0.717, 1.165) is 17.8 Å². The molecule has 0 aliphatic rings. The SMILES string of the molecule is CCc1ncc2ccc(C(N)C(=O)O)cn12. The predicted molar refractivity (Wildman–Crippen MR) is 59.1 cm³/mol. The molecular weight excluding hydrogens is 206 g/mol. The minimum absolute atomic E-state index is 0.577. The van der Waals surface area contributed by atoms with Gasteiger partial charge in [-0.1, -0.05) is 13.0 Å². The van der Waals surface area contributed by atoms with Gasteiger partial charge in [-0.05, 0) is 11.6 Å². The van der Waals surface area contributed by atoms with Crippen LogP contribution in [0.5, 0.6) is 0 Å². The van der Waals surface area contributed by atoms with Crippen molar-refractivity contribution in [1.82, 2.24) is 9.38 Å². The first kappa shape index (κ1) is 10.6. The molecule has 1 unspecified atom stereocenters. The standard InChI is InChI=1S/C11H13N3O2/c1-2-9-13-5-8-4-3-7(6-14(8)9)10(12)11(15)16/h3-6,10H,2,12H2,1H3,(H,15,16). The molecule has 2 aromatic heterocycles. The Kier molecular flexibility index (Phi) is 2.62. The van der Waals surface area contributed by atoms with Gasteiger partial charge in [-0.3, -0.25) is 4.79 Å². The van der Waals surface area contributed by atoms with Gasteiger partial charge in [0.1, 0.15) is 11.9 Å². The number of carboxylic acid groups (broad SMARTS) is 1. The van der Waals surface area contributed by atoms with Crippen LogP contribution in [0, 0.1) is 0 Å². The molecule has 0 saturated heterocycles. The molecule has 0 aliphatic heterocycles. The van der Waals surface area contributed by atoms with Crippen LogP contribution in [0.3, 0.4) is 0 Å². The summed E-state index contributed by atoms with van der Waals surface area (Å²) in [6, 6.07) is 2.55. The molecule has 2 rings (SSSR count). The van der Waals surface area contributed by atoms with E-state index in [0.29, 0.717) is 5.56 Å². The summed E-state index contributed by atoms with van der Waals surface area (Å²) >= 11 is 0. The number of aliphatic carboxylic acids is 1. The molecule has 5 heteroatoms. The van der Waals surface area contributed by atoms with E-state index in [-0.39, 0.29) is 0 Å². The second-order valence-electron chi connectivity index (χ2n) is 3.60. The van der Waals surface area contributed by atoms with Crippen LogP contribution in [-0.4, -0.2) is 20.5 Å². The van der Waals surface area contributed by atoms with Crippen molar-refractivity contribution in [2.45, 2.75) is 19.4 Å². The molecule has 0 aromatic carbocycles. The molecule has 5 nitrogen and oxygen atoms in total. The Morgan fingerprint density at radius 2 is 2.38 bits per heavy atom. The van der Waals surface area contributed by atoms with Gasteiger partial charge in [0, 0.05) is 12.6 Å². The third-order valence-electron chi connectivity index (χ3n) is 2.57. The monoisotopic (exact) mass is 219 g/mol. The average molecular weight is 219 g/mol. The van der Waals surface area contributed by atoms with Gasteiger partial charge in [-0.2, -0.15) is 0 Å². The molecule has 1 atom stereocenters. The first-order valence-electron chi connectivity index (χ1n) is 5.07. The maximum absolute atomic E-state index is 10.8. The van der Waals surface area contributed by atoms with E-state index >= 15 is 0 Å².